The summed E-state index contributed by atoms with van der Waals surface area (Å²) in [6.45, 7) is 7.36. The van der Waals surface area contributed by atoms with Gasteiger partial charge in [-0.3, -0.25) is 9.10 Å². The quantitative estimate of drug-likeness (QED) is 0.766. The van der Waals surface area contributed by atoms with E-state index in [1.807, 2.05) is 39.0 Å². The van der Waals surface area contributed by atoms with Crippen LogP contribution in [0, 0.1) is 20.8 Å². The molecule has 6 nitrogen and oxygen atoms in total. The van der Waals surface area contributed by atoms with E-state index in [-0.39, 0.29) is 23.4 Å². The number of aryl methyl sites for hydroxylation is 3. The molecule has 0 aliphatic carbocycles. The summed E-state index contributed by atoms with van der Waals surface area (Å²) >= 11 is 0. The highest BCUT2D eigenvalue weighted by Gasteiger charge is 2.28. The molecule has 1 saturated heterocycles. The molecule has 2 aromatic carbocycles. The number of carbonyl (C=O) groups is 1. The fourth-order valence-corrected chi connectivity index (χ4v) is 5.21. The second-order valence-electron chi connectivity index (χ2n) is 8.32. The van der Waals surface area contributed by atoms with Crippen LogP contribution in [0.4, 0.5) is 5.69 Å². The Balaban J connectivity index is 1.89. The predicted octanol–water partition coefficient (Wildman–Crippen LogP) is 3.02. The molecule has 0 bridgehead atoms. The number of likely N-dealkylation sites (tertiary alicyclic amines) is 1. The number of hydrogen-bond acceptors (Lipinski definition) is 4. The van der Waals surface area contributed by atoms with Crippen LogP contribution in [0.25, 0.3) is 0 Å². The Labute approximate surface area is 179 Å². The van der Waals surface area contributed by atoms with Crippen LogP contribution in [0.2, 0.25) is 0 Å². The number of sulfonamides is 1. The van der Waals surface area contributed by atoms with Crippen LogP contribution in [0.15, 0.2) is 47.4 Å². The van der Waals surface area contributed by atoms with E-state index in [9.17, 15) is 13.2 Å². The lowest BCUT2D eigenvalue weighted by Gasteiger charge is -2.30. The minimum atomic E-state index is -3.88. The molecule has 1 N–H and O–H groups in total. The molecule has 30 heavy (non-hydrogen) atoms. The van der Waals surface area contributed by atoms with Crippen molar-refractivity contribution in [2.45, 2.75) is 44.6 Å². The molecule has 162 valence electrons. The molecule has 1 amide bonds. The largest absolute Gasteiger partial charge is 0.352 e. The molecule has 1 aliphatic heterocycles. The van der Waals surface area contributed by atoms with Gasteiger partial charge in [0, 0.05) is 6.04 Å². The van der Waals surface area contributed by atoms with Gasteiger partial charge in [-0.1, -0.05) is 23.8 Å². The molecule has 3 rings (SSSR count). The summed E-state index contributed by atoms with van der Waals surface area (Å²) in [5, 5.41) is 3.03. The average molecular weight is 430 g/mol. The number of rotatable bonds is 6. The predicted molar refractivity (Wildman–Crippen MR) is 120 cm³/mol. The van der Waals surface area contributed by atoms with Crippen LogP contribution in [0.5, 0.6) is 0 Å². The third-order valence-electron chi connectivity index (χ3n) is 5.47. The van der Waals surface area contributed by atoms with Gasteiger partial charge in [0.25, 0.3) is 10.0 Å². The van der Waals surface area contributed by atoms with Crippen LogP contribution < -0.4 is 9.62 Å². The van der Waals surface area contributed by atoms with Crippen molar-refractivity contribution in [1.82, 2.24) is 10.2 Å². The van der Waals surface area contributed by atoms with Crippen LogP contribution in [0.3, 0.4) is 0 Å². The van der Waals surface area contributed by atoms with Crippen molar-refractivity contribution in [3.63, 3.8) is 0 Å². The van der Waals surface area contributed by atoms with Crippen molar-refractivity contribution in [2.75, 3.05) is 31.0 Å². The number of amides is 1. The van der Waals surface area contributed by atoms with Crippen molar-refractivity contribution in [1.29, 1.82) is 0 Å². The Hall–Kier alpha value is -2.38. The maximum Gasteiger partial charge on any atom is 0.264 e. The van der Waals surface area contributed by atoms with Gasteiger partial charge in [0.05, 0.1) is 10.6 Å². The summed E-state index contributed by atoms with van der Waals surface area (Å²) in [4.78, 5) is 15.3. The second-order valence-corrected chi connectivity index (χ2v) is 10.2. The first kappa shape index (κ1) is 22.3. The third kappa shape index (κ3) is 5.40. The highest BCUT2D eigenvalue weighted by molar-refractivity contribution is 7.92. The SMILES string of the molecule is Cc1ccc(S(=O)(=O)N(CC(=O)NC2CCN(C)CC2)c2cc(C)cc(C)c2)cc1. The van der Waals surface area contributed by atoms with Crippen LogP contribution >= 0.6 is 0 Å². The Bertz CT molecular complexity index is 975. The van der Waals surface area contributed by atoms with E-state index in [1.54, 1.807) is 24.3 Å². The van der Waals surface area contributed by atoms with Gasteiger partial charge < -0.3 is 10.2 Å². The molecule has 1 heterocycles. The van der Waals surface area contributed by atoms with Gasteiger partial charge in [0.1, 0.15) is 6.54 Å². The van der Waals surface area contributed by atoms with Gasteiger partial charge in [-0.15, -0.1) is 0 Å². The summed E-state index contributed by atoms with van der Waals surface area (Å²) in [5.41, 5.74) is 3.38. The number of anilines is 1. The van der Waals surface area contributed by atoms with Crippen molar-refractivity contribution in [3.05, 3.63) is 59.2 Å². The standard InChI is InChI=1S/C23H31N3O3S/c1-17-5-7-22(8-6-17)30(28,29)26(21-14-18(2)13-19(3)15-21)16-23(27)24-20-9-11-25(4)12-10-20/h5-8,13-15,20H,9-12,16H2,1-4H3,(H,24,27). The van der Waals surface area contributed by atoms with E-state index in [4.69, 9.17) is 0 Å². The van der Waals surface area contributed by atoms with Crippen molar-refractivity contribution in [2.24, 2.45) is 0 Å². The monoisotopic (exact) mass is 429 g/mol. The molecule has 0 spiro atoms. The zero-order chi connectivity index (χ0) is 21.9. The fraction of sp³-hybridized carbons (Fsp3) is 0.435. The molecule has 0 unspecified atom stereocenters. The zero-order valence-corrected chi connectivity index (χ0v) is 19.0. The molecule has 0 saturated carbocycles. The Morgan fingerprint density at radius 3 is 2.13 bits per heavy atom. The van der Waals surface area contributed by atoms with E-state index < -0.39 is 10.0 Å². The maximum absolute atomic E-state index is 13.5. The second kappa shape index (κ2) is 9.18. The van der Waals surface area contributed by atoms with E-state index in [2.05, 4.69) is 17.3 Å². The van der Waals surface area contributed by atoms with Crippen molar-refractivity contribution < 1.29 is 13.2 Å². The van der Waals surface area contributed by atoms with E-state index in [0.717, 1.165) is 42.6 Å². The number of piperidine rings is 1. The first-order valence-corrected chi connectivity index (χ1v) is 11.7. The summed E-state index contributed by atoms with van der Waals surface area (Å²) in [7, 11) is -1.82. The van der Waals surface area contributed by atoms with Gasteiger partial charge in [-0.25, -0.2) is 8.42 Å². The third-order valence-corrected chi connectivity index (χ3v) is 7.26. The van der Waals surface area contributed by atoms with Crippen molar-refractivity contribution in [3.8, 4) is 0 Å². The molecule has 1 fully saturated rings. The molecule has 0 atom stereocenters. The normalized spacial score (nSPS) is 15.7. The first-order chi connectivity index (χ1) is 14.1. The Morgan fingerprint density at radius 2 is 1.57 bits per heavy atom. The van der Waals surface area contributed by atoms with Gasteiger partial charge in [0.2, 0.25) is 5.91 Å². The fourth-order valence-electron chi connectivity index (χ4n) is 3.80. The lowest BCUT2D eigenvalue weighted by atomic mass is 10.1. The van der Waals surface area contributed by atoms with Gasteiger partial charge in [-0.2, -0.15) is 0 Å². The topological polar surface area (TPSA) is 69.7 Å². The summed E-state index contributed by atoms with van der Waals surface area (Å²) in [5.74, 6) is -0.278. The summed E-state index contributed by atoms with van der Waals surface area (Å²) in [6, 6.07) is 12.4. The highest BCUT2D eigenvalue weighted by atomic mass is 32.2. The number of benzene rings is 2. The molecular formula is C23H31N3O3S. The molecule has 0 radical (unpaired) electrons. The number of nitrogens with zero attached hydrogens (tertiary/aromatic N) is 2. The number of hydrogen-bond donors (Lipinski definition) is 1. The average Bonchev–Trinajstić information content (AvgIpc) is 2.67. The molecule has 2 aromatic rings. The van der Waals surface area contributed by atoms with Crippen LogP contribution in [-0.2, 0) is 14.8 Å². The number of nitrogens with one attached hydrogen (secondary N) is 1. The maximum atomic E-state index is 13.5. The van der Waals surface area contributed by atoms with Gasteiger partial charge in [0.15, 0.2) is 0 Å². The minimum Gasteiger partial charge on any atom is -0.352 e. The lowest BCUT2D eigenvalue weighted by Crippen LogP contribution is -2.47. The number of carbonyl (C=O) groups excluding carboxylic acids is 1. The van der Waals surface area contributed by atoms with E-state index >= 15 is 0 Å². The van der Waals surface area contributed by atoms with Gasteiger partial charge in [-0.05, 0) is 89.1 Å². The molecular weight excluding hydrogens is 398 g/mol. The summed E-state index contributed by atoms with van der Waals surface area (Å²) in [6.07, 6.45) is 1.74. The minimum absolute atomic E-state index is 0.0804. The Morgan fingerprint density at radius 1 is 1.00 bits per heavy atom. The first-order valence-electron chi connectivity index (χ1n) is 10.3. The zero-order valence-electron chi connectivity index (χ0n) is 18.2. The van der Waals surface area contributed by atoms with Crippen LogP contribution in [-0.4, -0.2) is 51.9 Å². The molecule has 0 aromatic heterocycles. The smallest absolute Gasteiger partial charge is 0.264 e. The lowest BCUT2D eigenvalue weighted by molar-refractivity contribution is -0.120. The highest BCUT2D eigenvalue weighted by Crippen LogP contribution is 2.26. The Kier molecular flexibility index (Phi) is 6.83. The molecule has 1 aliphatic rings. The molecule has 7 heteroatoms. The summed E-state index contributed by atoms with van der Waals surface area (Å²) < 4.78 is 28.2. The van der Waals surface area contributed by atoms with Crippen LogP contribution in [0.1, 0.15) is 29.5 Å². The van der Waals surface area contributed by atoms with E-state index in [1.165, 1.54) is 4.31 Å². The van der Waals surface area contributed by atoms with Gasteiger partial charge >= 0.3 is 0 Å². The van der Waals surface area contributed by atoms with Crippen molar-refractivity contribution >= 4 is 21.6 Å². The van der Waals surface area contributed by atoms with E-state index in [0.29, 0.717) is 5.69 Å².